The molecule has 0 aromatic heterocycles. The van der Waals surface area contributed by atoms with Crippen LogP contribution in [0.4, 0.5) is 0 Å². The summed E-state index contributed by atoms with van der Waals surface area (Å²) in [6.45, 7) is 8.34. The fourth-order valence-electron chi connectivity index (χ4n) is 3.88. The highest BCUT2D eigenvalue weighted by molar-refractivity contribution is 14.0. The number of hydrogen-bond donors (Lipinski definition) is 1. The lowest BCUT2D eigenvalue weighted by atomic mass is 9.93. The molecule has 0 atom stereocenters. The van der Waals surface area contributed by atoms with Crippen molar-refractivity contribution in [3.05, 3.63) is 29.8 Å². The molecule has 0 unspecified atom stereocenters. The fourth-order valence-corrected chi connectivity index (χ4v) is 5.46. The van der Waals surface area contributed by atoms with Crippen LogP contribution < -0.4 is 5.32 Å². The summed E-state index contributed by atoms with van der Waals surface area (Å²) >= 11 is 0. The fraction of sp³-hybridized carbons (Fsp3) is 0.650. The van der Waals surface area contributed by atoms with Gasteiger partial charge in [-0.3, -0.25) is 4.99 Å². The van der Waals surface area contributed by atoms with Crippen molar-refractivity contribution in [2.75, 3.05) is 33.2 Å². The Morgan fingerprint density at radius 1 is 1.18 bits per heavy atom. The van der Waals surface area contributed by atoms with Crippen molar-refractivity contribution in [2.45, 2.75) is 51.0 Å². The van der Waals surface area contributed by atoms with E-state index in [4.69, 9.17) is 0 Å². The number of rotatable bonds is 4. The lowest BCUT2D eigenvalue weighted by Crippen LogP contribution is -2.40. The zero-order valence-electron chi connectivity index (χ0n) is 17.1. The van der Waals surface area contributed by atoms with Crippen molar-refractivity contribution in [3.63, 3.8) is 0 Å². The number of guanidine groups is 1. The topological polar surface area (TPSA) is 65.0 Å². The van der Waals surface area contributed by atoms with Gasteiger partial charge < -0.3 is 10.2 Å². The SMILES string of the molecule is CN=C(NCc1cccc(S(=O)(=O)N2CCCCC2)c1)N1CCC(C)(C)C1.I. The van der Waals surface area contributed by atoms with E-state index in [0.717, 1.165) is 50.3 Å². The smallest absolute Gasteiger partial charge is 0.243 e. The molecule has 1 N–H and O–H groups in total. The molecule has 0 bridgehead atoms. The molecule has 1 aromatic rings. The first-order valence-corrected chi connectivity index (χ1v) is 11.3. The van der Waals surface area contributed by atoms with Gasteiger partial charge in [0.05, 0.1) is 4.90 Å². The Hall–Kier alpha value is -0.870. The quantitative estimate of drug-likeness (QED) is 0.376. The highest BCUT2D eigenvalue weighted by Crippen LogP contribution is 2.28. The van der Waals surface area contributed by atoms with Gasteiger partial charge in [0.1, 0.15) is 0 Å². The van der Waals surface area contributed by atoms with Gasteiger partial charge in [0.2, 0.25) is 10.0 Å². The monoisotopic (exact) mass is 520 g/mol. The van der Waals surface area contributed by atoms with Gasteiger partial charge in [-0.15, -0.1) is 24.0 Å². The molecule has 0 radical (unpaired) electrons. The van der Waals surface area contributed by atoms with Crippen LogP contribution in [0.2, 0.25) is 0 Å². The molecule has 0 spiro atoms. The number of halogens is 1. The van der Waals surface area contributed by atoms with Crippen LogP contribution >= 0.6 is 24.0 Å². The molecule has 2 aliphatic heterocycles. The lowest BCUT2D eigenvalue weighted by molar-refractivity contribution is 0.346. The first kappa shape index (κ1) is 23.4. The Labute approximate surface area is 186 Å². The third-order valence-electron chi connectivity index (χ3n) is 5.49. The Balaban J connectivity index is 0.00000280. The minimum absolute atomic E-state index is 0. The molecule has 158 valence electrons. The lowest BCUT2D eigenvalue weighted by Gasteiger charge is -2.26. The number of aliphatic imine (C=N–C) groups is 1. The first-order valence-electron chi connectivity index (χ1n) is 9.86. The van der Waals surface area contributed by atoms with E-state index in [0.29, 0.717) is 29.9 Å². The number of nitrogens with one attached hydrogen (secondary N) is 1. The second-order valence-corrected chi connectivity index (χ2v) is 10.3. The van der Waals surface area contributed by atoms with Gasteiger partial charge in [0.25, 0.3) is 0 Å². The van der Waals surface area contributed by atoms with E-state index in [1.807, 2.05) is 12.1 Å². The normalized spacial score (nSPS) is 20.7. The number of sulfonamides is 1. The number of nitrogens with zero attached hydrogens (tertiary/aromatic N) is 3. The molecule has 2 saturated heterocycles. The van der Waals surface area contributed by atoms with Gasteiger partial charge in [-0.05, 0) is 42.4 Å². The zero-order chi connectivity index (χ0) is 19.5. The van der Waals surface area contributed by atoms with E-state index in [2.05, 4.69) is 29.1 Å². The molecule has 0 saturated carbocycles. The van der Waals surface area contributed by atoms with Gasteiger partial charge in [-0.25, -0.2) is 8.42 Å². The Bertz CT molecular complexity index is 789. The van der Waals surface area contributed by atoms with Gasteiger partial charge in [-0.2, -0.15) is 4.31 Å². The molecule has 8 heteroatoms. The van der Waals surface area contributed by atoms with E-state index in [-0.39, 0.29) is 24.0 Å². The Morgan fingerprint density at radius 2 is 1.89 bits per heavy atom. The summed E-state index contributed by atoms with van der Waals surface area (Å²) in [6.07, 6.45) is 4.16. The summed E-state index contributed by atoms with van der Waals surface area (Å²) in [5.41, 5.74) is 1.26. The predicted octanol–water partition coefficient (Wildman–Crippen LogP) is 3.29. The van der Waals surface area contributed by atoms with Crippen molar-refractivity contribution in [2.24, 2.45) is 10.4 Å². The maximum atomic E-state index is 12.9. The van der Waals surface area contributed by atoms with Crippen LogP contribution in [0, 0.1) is 5.41 Å². The van der Waals surface area contributed by atoms with E-state index >= 15 is 0 Å². The van der Waals surface area contributed by atoms with Gasteiger partial charge in [0, 0.05) is 39.8 Å². The molecule has 28 heavy (non-hydrogen) atoms. The van der Waals surface area contributed by atoms with Crippen LogP contribution in [-0.4, -0.2) is 56.8 Å². The number of benzene rings is 1. The van der Waals surface area contributed by atoms with Crippen LogP contribution in [-0.2, 0) is 16.6 Å². The number of hydrogen-bond acceptors (Lipinski definition) is 3. The molecular weight excluding hydrogens is 487 g/mol. The average molecular weight is 520 g/mol. The van der Waals surface area contributed by atoms with Crippen LogP contribution in [0.1, 0.15) is 45.1 Å². The van der Waals surface area contributed by atoms with Crippen molar-refractivity contribution in [1.29, 1.82) is 0 Å². The molecule has 2 aliphatic rings. The molecule has 1 aromatic carbocycles. The molecule has 2 fully saturated rings. The average Bonchev–Trinajstić information content (AvgIpc) is 3.03. The van der Waals surface area contributed by atoms with E-state index < -0.39 is 10.0 Å². The van der Waals surface area contributed by atoms with Gasteiger partial charge >= 0.3 is 0 Å². The standard InChI is InChI=1S/C20H32N4O2S.HI/c1-20(2)10-13-23(16-20)19(21-3)22-15-17-8-7-9-18(14-17)27(25,26)24-11-5-4-6-12-24;/h7-9,14H,4-6,10-13,15-16H2,1-3H3,(H,21,22);1H. The van der Waals surface area contributed by atoms with Crippen LogP contribution in [0.3, 0.4) is 0 Å². The molecule has 0 amide bonds. The third kappa shape index (κ3) is 5.60. The van der Waals surface area contributed by atoms with Crippen LogP contribution in [0.25, 0.3) is 0 Å². The van der Waals surface area contributed by atoms with Crippen molar-refractivity contribution in [3.8, 4) is 0 Å². The van der Waals surface area contributed by atoms with Crippen molar-refractivity contribution >= 4 is 40.0 Å². The Kier molecular flexibility index (Phi) is 8.16. The van der Waals surface area contributed by atoms with Crippen molar-refractivity contribution in [1.82, 2.24) is 14.5 Å². The van der Waals surface area contributed by atoms with Crippen LogP contribution in [0.5, 0.6) is 0 Å². The summed E-state index contributed by atoms with van der Waals surface area (Å²) in [5.74, 6) is 0.880. The third-order valence-corrected chi connectivity index (χ3v) is 7.39. The first-order chi connectivity index (χ1) is 12.8. The van der Waals surface area contributed by atoms with Crippen molar-refractivity contribution < 1.29 is 8.42 Å². The van der Waals surface area contributed by atoms with Crippen LogP contribution in [0.15, 0.2) is 34.2 Å². The summed E-state index contributed by atoms with van der Waals surface area (Å²) in [7, 11) is -1.60. The molecule has 2 heterocycles. The maximum Gasteiger partial charge on any atom is 0.243 e. The van der Waals surface area contributed by atoms with E-state index in [1.165, 1.54) is 0 Å². The second kappa shape index (κ2) is 9.75. The molecule has 3 rings (SSSR count). The zero-order valence-corrected chi connectivity index (χ0v) is 20.3. The minimum Gasteiger partial charge on any atom is -0.352 e. The predicted molar refractivity (Wildman–Crippen MR) is 125 cm³/mol. The molecular formula is C20H33IN4O2S. The minimum atomic E-state index is -3.39. The van der Waals surface area contributed by atoms with E-state index in [1.54, 1.807) is 23.5 Å². The maximum absolute atomic E-state index is 12.9. The number of piperidine rings is 1. The molecule has 0 aliphatic carbocycles. The second-order valence-electron chi connectivity index (χ2n) is 8.35. The van der Waals surface area contributed by atoms with E-state index in [9.17, 15) is 8.42 Å². The summed E-state index contributed by atoms with van der Waals surface area (Å²) in [4.78, 5) is 7.06. The number of likely N-dealkylation sites (tertiary alicyclic amines) is 1. The van der Waals surface area contributed by atoms with Gasteiger partial charge in [-0.1, -0.05) is 32.4 Å². The largest absolute Gasteiger partial charge is 0.352 e. The highest BCUT2D eigenvalue weighted by Gasteiger charge is 2.31. The van der Waals surface area contributed by atoms with Gasteiger partial charge in [0.15, 0.2) is 5.96 Å². The Morgan fingerprint density at radius 3 is 2.50 bits per heavy atom. The molecule has 6 nitrogen and oxygen atoms in total. The summed E-state index contributed by atoms with van der Waals surface area (Å²) in [6, 6.07) is 7.28. The summed E-state index contributed by atoms with van der Waals surface area (Å²) in [5, 5.41) is 3.39. The highest BCUT2D eigenvalue weighted by atomic mass is 127. The summed E-state index contributed by atoms with van der Waals surface area (Å²) < 4.78 is 27.4.